The molecule has 0 spiro atoms. The molecule has 3 aromatic rings. The first kappa shape index (κ1) is 28.5. The molecular weight excluding hydrogens is 564 g/mol. The van der Waals surface area contributed by atoms with Gasteiger partial charge in [-0.1, -0.05) is 40.2 Å². The van der Waals surface area contributed by atoms with Gasteiger partial charge in [0.05, 0.1) is 37.1 Å². The van der Waals surface area contributed by atoms with Gasteiger partial charge in [-0.3, -0.25) is 14.4 Å². The van der Waals surface area contributed by atoms with Gasteiger partial charge in [-0.05, 0) is 62.0 Å². The third kappa shape index (κ3) is 5.63. The van der Waals surface area contributed by atoms with E-state index in [0.29, 0.717) is 17.1 Å². The van der Waals surface area contributed by atoms with Crippen LogP contribution in [-0.2, 0) is 25.7 Å². The summed E-state index contributed by atoms with van der Waals surface area (Å²) in [4.78, 5) is 43.9. The molecule has 39 heavy (non-hydrogen) atoms. The van der Waals surface area contributed by atoms with Crippen molar-refractivity contribution in [2.24, 2.45) is 0 Å². The molecule has 0 unspecified atom stereocenters. The summed E-state index contributed by atoms with van der Waals surface area (Å²) in [6.07, 6.45) is 0. The average Bonchev–Trinajstić information content (AvgIpc) is 3.01. The fraction of sp³-hybridized carbons (Fsp3) is 0.345. The molecule has 1 aliphatic heterocycles. The van der Waals surface area contributed by atoms with Gasteiger partial charge < -0.3 is 29.9 Å². The van der Waals surface area contributed by atoms with E-state index in [2.05, 4.69) is 26.6 Å². The van der Waals surface area contributed by atoms with Gasteiger partial charge in [0.15, 0.2) is 0 Å². The van der Waals surface area contributed by atoms with Crippen LogP contribution in [0.5, 0.6) is 5.75 Å². The standard InChI is InChI=1S/C29H33BrN4O5/c1-17(31-3)28(36)32-27-18(2)34(26(35)16-38-4)24-9-7-6-8-23(24)33(29(27)37)15-22-21-12-11-20(30)14-19(21)10-13-25(22)39-5/h6-14,17-18,27,31H,15-16H2,1-5H3,(H,32,36)/t17-,18-,27-/m0/s1. The normalized spacial score (nSPS) is 17.9. The van der Waals surface area contributed by atoms with Crippen LogP contribution in [0.25, 0.3) is 10.8 Å². The largest absolute Gasteiger partial charge is 0.496 e. The highest BCUT2D eigenvalue weighted by Crippen LogP contribution is 2.39. The lowest BCUT2D eigenvalue weighted by Gasteiger charge is -2.32. The van der Waals surface area contributed by atoms with Crippen LogP contribution in [0.3, 0.4) is 0 Å². The van der Waals surface area contributed by atoms with Crippen LogP contribution < -0.4 is 25.2 Å². The number of ether oxygens (including phenoxy) is 2. The topological polar surface area (TPSA) is 100 Å². The number of para-hydroxylation sites is 2. The Morgan fingerprint density at radius 1 is 1.08 bits per heavy atom. The van der Waals surface area contributed by atoms with E-state index in [0.717, 1.165) is 20.8 Å². The average molecular weight is 598 g/mol. The second kappa shape index (κ2) is 12.1. The van der Waals surface area contributed by atoms with Gasteiger partial charge >= 0.3 is 0 Å². The monoisotopic (exact) mass is 596 g/mol. The summed E-state index contributed by atoms with van der Waals surface area (Å²) in [6, 6.07) is 14.8. The van der Waals surface area contributed by atoms with Gasteiger partial charge in [-0.2, -0.15) is 0 Å². The number of anilines is 2. The Morgan fingerprint density at radius 3 is 2.46 bits per heavy atom. The summed E-state index contributed by atoms with van der Waals surface area (Å²) >= 11 is 3.53. The highest BCUT2D eigenvalue weighted by molar-refractivity contribution is 9.10. The van der Waals surface area contributed by atoms with E-state index in [9.17, 15) is 14.4 Å². The number of benzene rings is 3. The van der Waals surface area contributed by atoms with Crippen molar-refractivity contribution in [2.45, 2.75) is 38.5 Å². The molecule has 0 fully saturated rings. The number of methoxy groups -OCH3 is 2. The molecule has 0 bridgehead atoms. The Balaban J connectivity index is 1.90. The number of hydrogen-bond donors (Lipinski definition) is 2. The summed E-state index contributed by atoms with van der Waals surface area (Å²) < 4.78 is 11.8. The number of amides is 3. The molecule has 3 aromatic carbocycles. The van der Waals surface area contributed by atoms with E-state index in [1.165, 1.54) is 7.11 Å². The Labute approximate surface area is 236 Å². The minimum atomic E-state index is -1.02. The molecule has 4 rings (SSSR count). The lowest BCUT2D eigenvalue weighted by atomic mass is 10.0. The summed E-state index contributed by atoms with van der Waals surface area (Å²) in [5.74, 6) is -0.375. The molecule has 2 N–H and O–H groups in total. The Morgan fingerprint density at radius 2 is 1.79 bits per heavy atom. The summed E-state index contributed by atoms with van der Waals surface area (Å²) in [7, 11) is 4.71. The second-order valence-corrected chi connectivity index (χ2v) is 10.4. The third-order valence-corrected chi connectivity index (χ3v) is 7.59. The number of nitrogens with zero attached hydrogens (tertiary/aromatic N) is 2. The third-order valence-electron chi connectivity index (χ3n) is 7.10. The smallest absolute Gasteiger partial charge is 0.253 e. The number of nitrogens with one attached hydrogen (secondary N) is 2. The van der Waals surface area contributed by atoms with Crippen LogP contribution in [0, 0.1) is 0 Å². The predicted molar refractivity (Wildman–Crippen MR) is 155 cm³/mol. The zero-order valence-electron chi connectivity index (χ0n) is 22.7. The number of halogens is 1. The van der Waals surface area contributed by atoms with E-state index in [1.54, 1.807) is 43.9 Å². The first-order valence-corrected chi connectivity index (χ1v) is 13.4. The number of hydrogen-bond acceptors (Lipinski definition) is 6. The van der Waals surface area contributed by atoms with Crippen molar-refractivity contribution in [1.82, 2.24) is 10.6 Å². The molecule has 9 nitrogen and oxygen atoms in total. The van der Waals surface area contributed by atoms with Crippen LogP contribution in [0.15, 0.2) is 59.1 Å². The first-order valence-electron chi connectivity index (χ1n) is 12.7. The Bertz CT molecular complexity index is 1400. The highest BCUT2D eigenvalue weighted by Gasteiger charge is 2.42. The van der Waals surface area contributed by atoms with Crippen LogP contribution in [0.2, 0.25) is 0 Å². The molecule has 0 saturated carbocycles. The molecule has 206 valence electrons. The SMILES string of the molecule is CN[C@@H](C)C(=O)N[C@@H]1C(=O)N(Cc2c(OC)ccc3cc(Br)ccc23)c2ccccc2N(C(=O)COC)[C@H]1C. The molecule has 3 atom stereocenters. The van der Waals surface area contributed by atoms with Gasteiger partial charge in [-0.15, -0.1) is 0 Å². The van der Waals surface area contributed by atoms with Crippen molar-refractivity contribution in [1.29, 1.82) is 0 Å². The number of rotatable bonds is 8. The summed E-state index contributed by atoms with van der Waals surface area (Å²) in [6.45, 7) is 3.45. The maximum absolute atomic E-state index is 14.4. The van der Waals surface area contributed by atoms with E-state index in [1.807, 2.05) is 48.5 Å². The van der Waals surface area contributed by atoms with Gasteiger partial charge in [0.2, 0.25) is 5.91 Å². The maximum atomic E-state index is 14.4. The number of fused-ring (bicyclic) bond motifs is 2. The summed E-state index contributed by atoms with van der Waals surface area (Å²) in [5.41, 5.74) is 1.91. The van der Waals surface area contributed by atoms with Gasteiger partial charge in [0.25, 0.3) is 11.8 Å². The van der Waals surface area contributed by atoms with Crippen molar-refractivity contribution in [2.75, 3.05) is 37.7 Å². The summed E-state index contributed by atoms with van der Waals surface area (Å²) in [5, 5.41) is 7.71. The van der Waals surface area contributed by atoms with Crippen molar-refractivity contribution in [3.05, 3.63) is 64.6 Å². The van der Waals surface area contributed by atoms with Gasteiger partial charge in [0, 0.05) is 17.1 Å². The second-order valence-electron chi connectivity index (χ2n) is 9.46. The highest BCUT2D eigenvalue weighted by atomic mass is 79.9. The van der Waals surface area contributed by atoms with E-state index in [4.69, 9.17) is 9.47 Å². The van der Waals surface area contributed by atoms with Crippen LogP contribution in [0.4, 0.5) is 11.4 Å². The molecule has 1 heterocycles. The molecule has 1 aliphatic rings. The van der Waals surface area contributed by atoms with Crippen molar-refractivity contribution in [3.8, 4) is 5.75 Å². The zero-order valence-corrected chi connectivity index (χ0v) is 24.2. The van der Waals surface area contributed by atoms with Gasteiger partial charge in [0.1, 0.15) is 18.4 Å². The lowest BCUT2D eigenvalue weighted by Crippen LogP contribution is -2.60. The van der Waals surface area contributed by atoms with E-state index < -0.39 is 18.1 Å². The fourth-order valence-electron chi connectivity index (χ4n) is 4.92. The maximum Gasteiger partial charge on any atom is 0.253 e. The quantitative estimate of drug-likeness (QED) is 0.412. The van der Waals surface area contributed by atoms with Crippen LogP contribution in [-0.4, -0.2) is 63.7 Å². The number of carbonyl (C=O) groups is 3. The molecule has 3 amide bonds. The van der Waals surface area contributed by atoms with Crippen molar-refractivity contribution < 1.29 is 23.9 Å². The zero-order chi connectivity index (χ0) is 28.3. The van der Waals surface area contributed by atoms with Crippen molar-refractivity contribution >= 4 is 55.8 Å². The number of carbonyl (C=O) groups excluding carboxylic acids is 3. The Kier molecular flexibility index (Phi) is 8.89. The molecule has 0 saturated heterocycles. The molecule has 0 aliphatic carbocycles. The fourth-order valence-corrected chi connectivity index (χ4v) is 5.30. The van der Waals surface area contributed by atoms with Crippen molar-refractivity contribution in [3.63, 3.8) is 0 Å². The van der Waals surface area contributed by atoms with Crippen LogP contribution in [0.1, 0.15) is 19.4 Å². The molecule has 10 heteroatoms. The Hall–Kier alpha value is -3.47. The molecular formula is C29H33BrN4O5. The minimum absolute atomic E-state index is 0.158. The van der Waals surface area contributed by atoms with E-state index >= 15 is 0 Å². The van der Waals surface area contributed by atoms with Gasteiger partial charge in [-0.25, -0.2) is 0 Å². The van der Waals surface area contributed by atoms with Crippen LogP contribution >= 0.6 is 15.9 Å². The number of likely N-dealkylation sites (N-methyl/N-ethyl adjacent to an activating group) is 1. The van der Waals surface area contributed by atoms with E-state index in [-0.39, 0.29) is 30.9 Å². The first-order chi connectivity index (χ1) is 18.7. The minimum Gasteiger partial charge on any atom is -0.496 e. The predicted octanol–water partition coefficient (Wildman–Crippen LogP) is 3.62. The molecule has 0 radical (unpaired) electrons. The lowest BCUT2D eigenvalue weighted by molar-refractivity contribution is -0.129. The molecule has 0 aromatic heterocycles.